The van der Waals surface area contributed by atoms with Crippen LogP contribution >= 0.6 is 11.8 Å². The van der Waals surface area contributed by atoms with Crippen LogP contribution in [-0.4, -0.2) is 18.8 Å². The third-order valence-electron chi connectivity index (χ3n) is 4.62. The summed E-state index contributed by atoms with van der Waals surface area (Å²) in [7, 11) is 1.41. The van der Waals surface area contributed by atoms with Crippen LogP contribution in [-0.2, 0) is 14.3 Å². The van der Waals surface area contributed by atoms with Gasteiger partial charge in [0.1, 0.15) is 0 Å². The maximum atomic E-state index is 11.4. The summed E-state index contributed by atoms with van der Waals surface area (Å²) in [5.41, 5.74) is 3.70. The predicted octanol–water partition coefficient (Wildman–Crippen LogP) is 5.83. The largest absolute Gasteiger partial charge is 0.469 e. The van der Waals surface area contributed by atoms with Crippen LogP contribution in [0, 0.1) is 0 Å². The molecular weight excluding hydrogens is 364 g/mol. The van der Waals surface area contributed by atoms with Crippen molar-refractivity contribution in [1.29, 1.82) is 0 Å². The minimum Gasteiger partial charge on any atom is -0.469 e. The van der Waals surface area contributed by atoms with E-state index in [4.69, 9.17) is 4.74 Å². The first-order chi connectivity index (χ1) is 13.8. The van der Waals surface area contributed by atoms with Gasteiger partial charge in [-0.25, -0.2) is 0 Å². The van der Waals surface area contributed by atoms with Gasteiger partial charge in [0, 0.05) is 5.75 Å². The monoisotopic (exact) mass is 388 g/mol. The van der Waals surface area contributed by atoms with Crippen molar-refractivity contribution in [3.05, 3.63) is 120 Å². The van der Waals surface area contributed by atoms with Crippen LogP contribution in [0.1, 0.15) is 23.1 Å². The second-order valence-corrected chi connectivity index (χ2v) is 7.58. The van der Waals surface area contributed by atoms with Crippen LogP contribution in [0.5, 0.6) is 0 Å². The maximum Gasteiger partial charge on any atom is 0.309 e. The standard InChI is InChI=1S/C25H24O2S/c1-27-24(26)19-11-12-20-28-25(21-13-5-2-6-14-21,22-15-7-3-8-16-22)23-17-9-4-10-18-23/h2-18H,19-20H2,1H3/b12-11+. The molecule has 0 aromatic heterocycles. The molecule has 3 aromatic rings. The Morgan fingerprint density at radius 3 is 1.61 bits per heavy atom. The SMILES string of the molecule is COC(=O)C/C=C/CSC(c1ccccc1)(c1ccccc1)c1ccccc1. The molecule has 3 rings (SSSR count). The molecule has 3 heteroatoms. The number of carbonyl (C=O) groups is 1. The van der Waals surface area contributed by atoms with Crippen LogP contribution < -0.4 is 0 Å². The van der Waals surface area contributed by atoms with E-state index in [1.807, 2.05) is 42.1 Å². The minimum atomic E-state index is -0.334. The van der Waals surface area contributed by atoms with Crippen LogP contribution in [0.3, 0.4) is 0 Å². The van der Waals surface area contributed by atoms with Gasteiger partial charge in [0.25, 0.3) is 0 Å². The van der Waals surface area contributed by atoms with Gasteiger partial charge < -0.3 is 4.74 Å². The summed E-state index contributed by atoms with van der Waals surface area (Å²) in [6.07, 6.45) is 4.22. The summed E-state index contributed by atoms with van der Waals surface area (Å²) in [5, 5.41) is 0. The van der Waals surface area contributed by atoms with Gasteiger partial charge in [-0.15, -0.1) is 11.8 Å². The minimum absolute atomic E-state index is 0.221. The highest BCUT2D eigenvalue weighted by atomic mass is 32.2. The first-order valence-electron chi connectivity index (χ1n) is 9.29. The van der Waals surface area contributed by atoms with Crippen LogP contribution in [0.4, 0.5) is 0 Å². The van der Waals surface area contributed by atoms with Crippen LogP contribution in [0.2, 0.25) is 0 Å². The van der Waals surface area contributed by atoms with Crippen molar-refractivity contribution in [2.75, 3.05) is 12.9 Å². The number of methoxy groups -OCH3 is 1. The van der Waals surface area contributed by atoms with Crippen molar-refractivity contribution < 1.29 is 9.53 Å². The number of carbonyl (C=O) groups excluding carboxylic acids is 1. The Morgan fingerprint density at radius 2 is 1.21 bits per heavy atom. The van der Waals surface area contributed by atoms with Gasteiger partial charge in [-0.2, -0.15) is 0 Å². The lowest BCUT2D eigenvalue weighted by Gasteiger charge is -2.35. The summed E-state index contributed by atoms with van der Waals surface area (Å²) in [5.74, 6) is 0.553. The quantitative estimate of drug-likeness (QED) is 0.276. The average Bonchev–Trinajstić information content (AvgIpc) is 2.78. The molecular formula is C25H24O2S. The summed E-state index contributed by atoms with van der Waals surface area (Å²) >= 11 is 1.85. The smallest absolute Gasteiger partial charge is 0.309 e. The lowest BCUT2D eigenvalue weighted by Crippen LogP contribution is -2.26. The van der Waals surface area contributed by atoms with Crippen LogP contribution in [0.25, 0.3) is 0 Å². The van der Waals surface area contributed by atoms with Gasteiger partial charge in [-0.05, 0) is 16.7 Å². The Bertz CT molecular complexity index is 793. The number of rotatable bonds is 8. The summed E-state index contributed by atoms with van der Waals surface area (Å²) < 4.78 is 4.37. The molecule has 0 amide bonds. The zero-order valence-electron chi connectivity index (χ0n) is 16.0. The van der Waals surface area contributed by atoms with E-state index in [0.29, 0.717) is 6.42 Å². The van der Waals surface area contributed by atoms with Gasteiger partial charge in [-0.1, -0.05) is 103 Å². The molecule has 2 nitrogen and oxygen atoms in total. The summed E-state index contributed by atoms with van der Waals surface area (Å²) in [4.78, 5) is 11.4. The molecule has 0 atom stereocenters. The highest BCUT2D eigenvalue weighted by Crippen LogP contribution is 2.48. The molecule has 0 spiro atoms. The van der Waals surface area contributed by atoms with Crippen molar-refractivity contribution in [1.82, 2.24) is 0 Å². The predicted molar refractivity (Wildman–Crippen MR) is 117 cm³/mol. The highest BCUT2D eigenvalue weighted by molar-refractivity contribution is 8.00. The number of thioether (sulfide) groups is 1. The van der Waals surface area contributed by atoms with E-state index < -0.39 is 0 Å². The molecule has 3 aromatic carbocycles. The molecule has 0 aliphatic heterocycles. The molecule has 0 N–H and O–H groups in total. The topological polar surface area (TPSA) is 26.3 Å². The third-order valence-corrected chi connectivity index (χ3v) is 6.12. The van der Waals surface area contributed by atoms with Crippen molar-refractivity contribution in [3.63, 3.8) is 0 Å². The van der Waals surface area contributed by atoms with E-state index >= 15 is 0 Å². The zero-order chi connectivity index (χ0) is 19.7. The lowest BCUT2D eigenvalue weighted by molar-refractivity contribution is -0.139. The Morgan fingerprint density at radius 1 is 0.786 bits per heavy atom. The Balaban J connectivity index is 2.03. The first kappa shape index (κ1) is 20.0. The fraction of sp³-hybridized carbons (Fsp3) is 0.160. The van der Waals surface area contributed by atoms with Crippen molar-refractivity contribution in [2.24, 2.45) is 0 Å². The molecule has 0 aliphatic carbocycles. The molecule has 0 fully saturated rings. The number of ether oxygens (including phenoxy) is 1. The Labute approximate surface area is 171 Å². The molecule has 0 unspecified atom stereocenters. The first-order valence-corrected chi connectivity index (χ1v) is 10.3. The van der Waals surface area contributed by atoms with E-state index in [1.165, 1.54) is 23.8 Å². The summed E-state index contributed by atoms with van der Waals surface area (Å²) in [6, 6.07) is 31.8. The molecule has 0 heterocycles. The van der Waals surface area contributed by atoms with Crippen molar-refractivity contribution in [2.45, 2.75) is 11.2 Å². The Hall–Kier alpha value is -2.78. The zero-order valence-corrected chi connectivity index (χ0v) is 16.8. The average molecular weight is 389 g/mol. The molecule has 0 radical (unpaired) electrons. The number of benzene rings is 3. The van der Waals surface area contributed by atoms with Gasteiger partial charge in [0.05, 0.1) is 18.3 Å². The highest BCUT2D eigenvalue weighted by Gasteiger charge is 2.36. The summed E-state index contributed by atoms with van der Waals surface area (Å²) in [6.45, 7) is 0. The van der Waals surface area contributed by atoms with E-state index in [1.54, 1.807) is 0 Å². The van der Waals surface area contributed by atoms with Crippen molar-refractivity contribution >= 4 is 17.7 Å². The van der Waals surface area contributed by atoms with Crippen molar-refractivity contribution in [3.8, 4) is 0 Å². The molecule has 0 saturated heterocycles. The van der Waals surface area contributed by atoms with Gasteiger partial charge in [0.2, 0.25) is 0 Å². The van der Waals surface area contributed by atoms with E-state index in [2.05, 4.69) is 72.8 Å². The van der Waals surface area contributed by atoms with E-state index in [0.717, 1.165) is 5.75 Å². The second-order valence-electron chi connectivity index (χ2n) is 6.34. The van der Waals surface area contributed by atoms with E-state index in [9.17, 15) is 4.79 Å². The van der Waals surface area contributed by atoms with E-state index in [-0.39, 0.29) is 10.7 Å². The number of esters is 1. The maximum absolute atomic E-state index is 11.4. The fourth-order valence-electron chi connectivity index (χ4n) is 3.27. The van der Waals surface area contributed by atoms with Gasteiger partial charge in [0.15, 0.2) is 0 Å². The molecule has 28 heavy (non-hydrogen) atoms. The fourth-order valence-corrected chi connectivity index (χ4v) is 4.66. The molecule has 142 valence electrons. The third kappa shape index (κ3) is 4.55. The normalized spacial score (nSPS) is 11.5. The van der Waals surface area contributed by atoms with Gasteiger partial charge in [-0.3, -0.25) is 4.79 Å². The molecule has 0 bridgehead atoms. The van der Waals surface area contributed by atoms with Crippen LogP contribution in [0.15, 0.2) is 103 Å². The molecule has 0 aliphatic rings. The van der Waals surface area contributed by atoms with Gasteiger partial charge >= 0.3 is 5.97 Å². The molecule has 0 saturated carbocycles. The Kier molecular flexibility index (Phi) is 7.10. The number of hydrogen-bond acceptors (Lipinski definition) is 3. The number of hydrogen-bond donors (Lipinski definition) is 0. The second kappa shape index (κ2) is 9.95. The lowest BCUT2D eigenvalue weighted by atomic mass is 9.84.